The van der Waals surface area contributed by atoms with E-state index in [1.165, 1.54) is 0 Å². The van der Waals surface area contributed by atoms with E-state index < -0.39 is 10.0 Å². The summed E-state index contributed by atoms with van der Waals surface area (Å²) in [5, 5.41) is 9.20. The quantitative estimate of drug-likeness (QED) is 0.891. The van der Waals surface area contributed by atoms with Gasteiger partial charge in [0.2, 0.25) is 10.0 Å². The zero-order valence-corrected chi connectivity index (χ0v) is 13.0. The van der Waals surface area contributed by atoms with Gasteiger partial charge in [0, 0.05) is 6.04 Å². The van der Waals surface area contributed by atoms with E-state index in [4.69, 9.17) is 0 Å². The van der Waals surface area contributed by atoms with E-state index in [2.05, 4.69) is 4.72 Å². The zero-order chi connectivity index (χ0) is 14.8. The largest absolute Gasteiger partial charge is 0.392 e. The Kier molecular flexibility index (Phi) is 4.76. The molecule has 0 aliphatic heterocycles. The molecule has 0 fully saturated rings. The van der Waals surface area contributed by atoms with E-state index in [1.807, 2.05) is 27.7 Å². The molecule has 0 saturated heterocycles. The van der Waals surface area contributed by atoms with E-state index in [0.717, 1.165) is 0 Å². The number of benzene rings is 1. The molecule has 1 atom stereocenters. The van der Waals surface area contributed by atoms with Crippen molar-refractivity contribution in [2.75, 3.05) is 0 Å². The summed E-state index contributed by atoms with van der Waals surface area (Å²) in [6.45, 7) is 9.35. The summed E-state index contributed by atoms with van der Waals surface area (Å²) in [5.74, 6) is 0. The van der Waals surface area contributed by atoms with Crippen LogP contribution in [0.5, 0.6) is 0 Å². The van der Waals surface area contributed by atoms with Crippen molar-refractivity contribution in [1.29, 1.82) is 0 Å². The second kappa shape index (κ2) is 5.61. The predicted octanol–water partition coefficient (Wildman–Crippen LogP) is 2.20. The maximum absolute atomic E-state index is 12.4. The van der Waals surface area contributed by atoms with Crippen LogP contribution in [0.15, 0.2) is 23.1 Å². The molecule has 0 radical (unpaired) electrons. The fraction of sp³-hybridized carbons (Fsp3) is 0.571. The molecule has 0 amide bonds. The summed E-state index contributed by atoms with van der Waals surface area (Å²) in [6, 6.07) is 4.75. The minimum absolute atomic E-state index is 0.157. The minimum Gasteiger partial charge on any atom is -0.392 e. The SMILES string of the molecule is Cc1c(CO)cccc1S(=O)(=O)NC(C)C(C)(C)C. The fourth-order valence-electron chi connectivity index (χ4n) is 1.60. The van der Waals surface area contributed by atoms with Gasteiger partial charge in [-0.2, -0.15) is 0 Å². The summed E-state index contributed by atoms with van der Waals surface area (Å²) < 4.78 is 27.5. The van der Waals surface area contributed by atoms with E-state index in [1.54, 1.807) is 25.1 Å². The Hall–Kier alpha value is -0.910. The fourth-order valence-corrected chi connectivity index (χ4v) is 3.33. The molecule has 0 spiro atoms. The van der Waals surface area contributed by atoms with Crippen molar-refractivity contribution in [3.8, 4) is 0 Å². The molecule has 0 saturated carbocycles. The van der Waals surface area contributed by atoms with Gasteiger partial charge in [0.1, 0.15) is 0 Å². The van der Waals surface area contributed by atoms with Crippen LogP contribution in [0.4, 0.5) is 0 Å². The predicted molar refractivity (Wildman–Crippen MR) is 76.3 cm³/mol. The first kappa shape index (κ1) is 16.1. The van der Waals surface area contributed by atoms with Gasteiger partial charge in [-0.1, -0.05) is 32.9 Å². The third-order valence-electron chi connectivity index (χ3n) is 3.49. The number of rotatable bonds is 4. The average Bonchev–Trinajstić information content (AvgIpc) is 2.27. The molecule has 1 unspecified atom stereocenters. The Morgan fingerprint density at radius 1 is 1.32 bits per heavy atom. The van der Waals surface area contributed by atoms with Crippen LogP contribution in [0.25, 0.3) is 0 Å². The molecule has 19 heavy (non-hydrogen) atoms. The standard InChI is InChI=1S/C14H23NO3S/c1-10-12(9-16)7-6-8-13(10)19(17,18)15-11(2)14(3,4)5/h6-8,11,15-16H,9H2,1-5H3. The van der Waals surface area contributed by atoms with Gasteiger partial charge in [0.05, 0.1) is 11.5 Å². The first-order valence-electron chi connectivity index (χ1n) is 6.31. The lowest BCUT2D eigenvalue weighted by Crippen LogP contribution is -2.41. The second-order valence-corrected chi connectivity index (χ2v) is 7.59. The van der Waals surface area contributed by atoms with Crippen molar-refractivity contribution in [2.45, 2.75) is 52.2 Å². The molecular weight excluding hydrogens is 262 g/mol. The lowest BCUT2D eigenvalue weighted by molar-refractivity contribution is 0.280. The van der Waals surface area contributed by atoms with Crippen molar-refractivity contribution in [3.05, 3.63) is 29.3 Å². The molecular formula is C14H23NO3S. The highest BCUT2D eigenvalue weighted by Crippen LogP contribution is 2.23. The van der Waals surface area contributed by atoms with Crippen LogP contribution >= 0.6 is 0 Å². The third-order valence-corrected chi connectivity index (χ3v) is 5.17. The monoisotopic (exact) mass is 285 g/mol. The Morgan fingerprint density at radius 3 is 2.37 bits per heavy atom. The topological polar surface area (TPSA) is 66.4 Å². The number of hydrogen-bond donors (Lipinski definition) is 2. The number of nitrogens with one attached hydrogen (secondary N) is 1. The van der Waals surface area contributed by atoms with Crippen LogP contribution in [0.1, 0.15) is 38.8 Å². The first-order valence-corrected chi connectivity index (χ1v) is 7.79. The van der Waals surface area contributed by atoms with Crippen molar-refractivity contribution in [2.24, 2.45) is 5.41 Å². The molecule has 1 rings (SSSR count). The first-order chi connectivity index (χ1) is 8.59. The highest BCUT2D eigenvalue weighted by molar-refractivity contribution is 7.89. The summed E-state index contributed by atoms with van der Waals surface area (Å²) in [4.78, 5) is 0.232. The number of aliphatic hydroxyl groups is 1. The van der Waals surface area contributed by atoms with Crippen LogP contribution in [0.2, 0.25) is 0 Å². The van der Waals surface area contributed by atoms with E-state index in [0.29, 0.717) is 11.1 Å². The maximum atomic E-state index is 12.4. The minimum atomic E-state index is -3.57. The Labute approximate surface area is 115 Å². The lowest BCUT2D eigenvalue weighted by atomic mass is 9.89. The molecule has 2 N–H and O–H groups in total. The van der Waals surface area contributed by atoms with Crippen molar-refractivity contribution < 1.29 is 13.5 Å². The van der Waals surface area contributed by atoms with Crippen LogP contribution in [-0.2, 0) is 16.6 Å². The van der Waals surface area contributed by atoms with Gasteiger partial charge in [-0.05, 0) is 36.5 Å². The van der Waals surface area contributed by atoms with Gasteiger partial charge in [-0.15, -0.1) is 0 Å². The normalized spacial score (nSPS) is 14.4. The van der Waals surface area contributed by atoms with Crippen LogP contribution in [-0.4, -0.2) is 19.6 Å². The number of hydrogen-bond acceptors (Lipinski definition) is 3. The van der Waals surface area contributed by atoms with E-state index in [-0.39, 0.29) is 23.0 Å². The van der Waals surface area contributed by atoms with Gasteiger partial charge in [-0.3, -0.25) is 0 Å². The van der Waals surface area contributed by atoms with Crippen molar-refractivity contribution in [1.82, 2.24) is 4.72 Å². The molecule has 108 valence electrons. The highest BCUT2D eigenvalue weighted by Gasteiger charge is 2.27. The van der Waals surface area contributed by atoms with Crippen molar-refractivity contribution in [3.63, 3.8) is 0 Å². The Balaban J connectivity index is 3.15. The molecule has 1 aromatic rings. The van der Waals surface area contributed by atoms with Gasteiger partial charge >= 0.3 is 0 Å². The van der Waals surface area contributed by atoms with Crippen LogP contribution in [0, 0.1) is 12.3 Å². The summed E-state index contributed by atoms with van der Waals surface area (Å²) in [6.07, 6.45) is 0. The van der Waals surface area contributed by atoms with Crippen LogP contribution in [0.3, 0.4) is 0 Å². The van der Waals surface area contributed by atoms with E-state index in [9.17, 15) is 13.5 Å². The van der Waals surface area contributed by atoms with E-state index >= 15 is 0 Å². The molecule has 0 aromatic heterocycles. The molecule has 0 bridgehead atoms. The highest BCUT2D eigenvalue weighted by atomic mass is 32.2. The molecule has 5 heteroatoms. The second-order valence-electron chi connectivity index (χ2n) is 5.91. The van der Waals surface area contributed by atoms with Gasteiger partial charge in [0.25, 0.3) is 0 Å². The molecule has 0 heterocycles. The average molecular weight is 285 g/mol. The van der Waals surface area contributed by atoms with Crippen LogP contribution < -0.4 is 4.72 Å². The van der Waals surface area contributed by atoms with Crippen molar-refractivity contribution >= 4 is 10.0 Å². The maximum Gasteiger partial charge on any atom is 0.241 e. The summed E-state index contributed by atoms with van der Waals surface area (Å²) >= 11 is 0. The number of sulfonamides is 1. The van der Waals surface area contributed by atoms with Gasteiger partial charge in [-0.25, -0.2) is 13.1 Å². The smallest absolute Gasteiger partial charge is 0.241 e. The van der Waals surface area contributed by atoms with Gasteiger partial charge < -0.3 is 5.11 Å². The number of aliphatic hydroxyl groups excluding tert-OH is 1. The molecule has 1 aromatic carbocycles. The Morgan fingerprint density at radius 2 is 1.89 bits per heavy atom. The lowest BCUT2D eigenvalue weighted by Gasteiger charge is -2.28. The molecule has 0 aliphatic carbocycles. The molecule has 0 aliphatic rings. The molecule has 4 nitrogen and oxygen atoms in total. The summed E-state index contributed by atoms with van der Waals surface area (Å²) in [7, 11) is -3.57. The zero-order valence-electron chi connectivity index (χ0n) is 12.2. The summed E-state index contributed by atoms with van der Waals surface area (Å²) in [5.41, 5.74) is 1.07. The van der Waals surface area contributed by atoms with Gasteiger partial charge in [0.15, 0.2) is 0 Å². The Bertz CT molecular complexity index is 544. The third kappa shape index (κ3) is 3.78.